The predicted molar refractivity (Wildman–Crippen MR) is 188 cm³/mol. The zero-order valence-electron chi connectivity index (χ0n) is 27.9. The summed E-state index contributed by atoms with van der Waals surface area (Å²) < 4.78 is 57.0. The van der Waals surface area contributed by atoms with Crippen LogP contribution in [0.3, 0.4) is 0 Å². The van der Waals surface area contributed by atoms with Crippen molar-refractivity contribution in [3.8, 4) is 17.4 Å². The molecule has 1 heterocycles. The van der Waals surface area contributed by atoms with Crippen LogP contribution in [0.15, 0.2) is 69.9 Å². The quantitative estimate of drug-likeness (QED) is 0.0489. The maximum atomic E-state index is 13.8. The van der Waals surface area contributed by atoms with Gasteiger partial charge in [-0.05, 0) is 68.5 Å². The van der Waals surface area contributed by atoms with Gasteiger partial charge in [-0.15, -0.1) is 0 Å². The Morgan fingerprint density at radius 3 is 2.59 bits per heavy atom. The van der Waals surface area contributed by atoms with Crippen LogP contribution in [0.2, 0.25) is 0 Å². The van der Waals surface area contributed by atoms with E-state index < -0.39 is 46.9 Å². The summed E-state index contributed by atoms with van der Waals surface area (Å²) in [5.41, 5.74) is -1.54. The highest BCUT2D eigenvalue weighted by Gasteiger charge is 2.34. The number of hydrogen-bond acceptors (Lipinski definition) is 9. The van der Waals surface area contributed by atoms with E-state index in [9.17, 15) is 42.9 Å². The number of phenols is 1. The van der Waals surface area contributed by atoms with Gasteiger partial charge < -0.3 is 29.2 Å². The molecule has 4 rings (SSSR count). The molecular formula is C38H37F3O9S. The number of carbonyl (C=O) groups is 2. The van der Waals surface area contributed by atoms with E-state index in [0.717, 1.165) is 24.6 Å². The van der Waals surface area contributed by atoms with E-state index in [0.29, 0.717) is 48.5 Å². The van der Waals surface area contributed by atoms with Gasteiger partial charge in [0.15, 0.2) is 11.2 Å². The zero-order valence-corrected chi connectivity index (χ0v) is 28.7. The van der Waals surface area contributed by atoms with Gasteiger partial charge in [-0.25, -0.2) is 4.79 Å². The summed E-state index contributed by atoms with van der Waals surface area (Å²) in [6, 6.07) is 7.19. The lowest BCUT2D eigenvalue weighted by atomic mass is 9.88. The molecule has 2 atom stereocenters. The molecule has 0 aliphatic heterocycles. The van der Waals surface area contributed by atoms with Crippen molar-refractivity contribution in [2.24, 2.45) is 0 Å². The Morgan fingerprint density at radius 2 is 1.90 bits per heavy atom. The number of ketones is 1. The van der Waals surface area contributed by atoms with E-state index in [1.165, 1.54) is 43.4 Å². The molecule has 2 aromatic carbocycles. The first kappa shape index (κ1) is 38.8. The van der Waals surface area contributed by atoms with Crippen LogP contribution >= 0.6 is 12.2 Å². The Kier molecular flexibility index (Phi) is 13.1. The van der Waals surface area contributed by atoms with E-state index in [1.54, 1.807) is 18.2 Å². The fourth-order valence-corrected chi connectivity index (χ4v) is 5.80. The van der Waals surface area contributed by atoms with Crippen LogP contribution < -0.4 is 25.5 Å². The first-order valence-electron chi connectivity index (χ1n) is 16.2. The molecule has 0 amide bonds. The van der Waals surface area contributed by atoms with E-state index in [4.69, 9.17) is 26.1 Å². The average molecular weight is 727 g/mol. The number of alkyl halides is 3. The van der Waals surface area contributed by atoms with Crippen LogP contribution in [0.1, 0.15) is 90.6 Å². The van der Waals surface area contributed by atoms with E-state index >= 15 is 0 Å². The first-order chi connectivity index (χ1) is 24.2. The van der Waals surface area contributed by atoms with Crippen LogP contribution in [0, 0.1) is 0 Å². The lowest BCUT2D eigenvalue weighted by Crippen LogP contribution is -2.44. The average Bonchev–Trinajstić information content (AvgIpc) is 3.06. The van der Waals surface area contributed by atoms with Crippen molar-refractivity contribution in [3.05, 3.63) is 109 Å². The number of allylic oxidation sites excluding steroid dienone is 3. The zero-order chi connectivity index (χ0) is 37.3. The summed E-state index contributed by atoms with van der Waals surface area (Å²) >= 11 is 5.17. The Bertz CT molecular complexity index is 2030. The Morgan fingerprint density at radius 1 is 1.14 bits per heavy atom. The van der Waals surface area contributed by atoms with Gasteiger partial charge in [-0.1, -0.05) is 68.1 Å². The third kappa shape index (κ3) is 9.83. The fraction of sp³-hybridized carbons (Fsp3) is 0.316. The van der Waals surface area contributed by atoms with Crippen LogP contribution in [0.25, 0.3) is 12.2 Å². The number of unbranched alkanes of at least 4 members (excludes halogenated alkanes) is 2. The van der Waals surface area contributed by atoms with Crippen molar-refractivity contribution in [3.63, 3.8) is 0 Å². The second-order valence-corrected chi connectivity index (χ2v) is 12.3. The van der Waals surface area contributed by atoms with Crippen molar-refractivity contribution in [2.75, 3.05) is 6.61 Å². The van der Waals surface area contributed by atoms with Gasteiger partial charge in [0.2, 0.25) is 0 Å². The molecule has 1 aromatic heterocycles. The SMILES string of the molecule is CCCc1c(OCCCC/C=C\C=C\[C@@H](c2c(OC(=O)O)oc3c(c2=O)=CCC(=S)C=3)[C@@H](O)c2cccc(C(F)(F)F)c2)ccc(C(C)=O)c1O. The molecule has 0 unspecified atom stereocenters. The number of halogens is 3. The number of carbonyl (C=O) groups excluding carboxylic acids is 1. The molecule has 13 heteroatoms. The molecular weight excluding hydrogens is 689 g/mol. The Labute approximate surface area is 296 Å². The minimum absolute atomic E-state index is 0.0390. The lowest BCUT2D eigenvalue weighted by molar-refractivity contribution is -0.137. The van der Waals surface area contributed by atoms with Crippen LogP contribution in [-0.4, -0.2) is 38.7 Å². The second-order valence-electron chi connectivity index (χ2n) is 11.8. The number of fused-ring (bicyclic) bond motifs is 1. The molecule has 1 aliphatic carbocycles. The molecule has 0 bridgehead atoms. The smallest absolute Gasteiger partial charge is 0.507 e. The maximum absolute atomic E-state index is 13.8. The molecule has 3 N–H and O–H groups in total. The number of carboxylic acid groups (broad SMARTS) is 1. The van der Waals surface area contributed by atoms with Crippen LogP contribution in [0.4, 0.5) is 18.0 Å². The van der Waals surface area contributed by atoms with Crippen molar-refractivity contribution in [2.45, 2.75) is 70.6 Å². The van der Waals surface area contributed by atoms with Gasteiger partial charge in [-0.3, -0.25) is 9.59 Å². The number of ether oxygens (including phenoxy) is 2. The number of phenolic OH excluding ortho intramolecular Hbond substituents is 1. The molecule has 0 saturated heterocycles. The minimum Gasteiger partial charge on any atom is -0.507 e. The molecule has 0 fully saturated rings. The fourth-order valence-electron chi connectivity index (χ4n) is 5.61. The highest BCUT2D eigenvalue weighted by atomic mass is 32.1. The summed E-state index contributed by atoms with van der Waals surface area (Å²) in [5.74, 6) is -1.93. The Balaban J connectivity index is 1.56. The van der Waals surface area contributed by atoms with Gasteiger partial charge in [0.05, 0.1) is 34.6 Å². The summed E-state index contributed by atoms with van der Waals surface area (Å²) in [5, 5.41) is 31.4. The number of aromatic hydroxyl groups is 1. The van der Waals surface area contributed by atoms with Crippen molar-refractivity contribution < 1.29 is 52.0 Å². The largest absolute Gasteiger partial charge is 0.513 e. The minimum atomic E-state index is -4.71. The maximum Gasteiger partial charge on any atom is 0.513 e. The number of Topliss-reactive ketones (excluding diaryl/α,β-unsaturated/α-hetero) is 1. The number of hydrogen-bond donors (Lipinski definition) is 3. The summed E-state index contributed by atoms with van der Waals surface area (Å²) in [6.45, 7) is 3.69. The number of aliphatic hydroxyl groups is 1. The molecule has 1 aliphatic rings. The van der Waals surface area contributed by atoms with Crippen LogP contribution in [0.5, 0.6) is 17.4 Å². The lowest BCUT2D eigenvalue weighted by Gasteiger charge is -2.22. The molecule has 51 heavy (non-hydrogen) atoms. The number of benzene rings is 2. The summed E-state index contributed by atoms with van der Waals surface area (Å²) in [7, 11) is 0. The van der Waals surface area contributed by atoms with Gasteiger partial charge in [0.1, 0.15) is 16.9 Å². The molecule has 9 nitrogen and oxygen atoms in total. The standard InChI is InChI=1S/C38H37F3O9S/c1-3-11-27-30(18-17-26(22(2)42)34(27)44)48-19-9-7-5-4-6-8-14-29(33(43)23-12-10-13-24(20-23)38(39,40)41)32-35(45)28-16-15-25(51)21-31(28)49-36(32)50-37(46)47/h4,6,8,10,12-14,16-18,20-21,29,33,43-44H,3,5,7,9,11,15,19H2,1-2H3,(H,46,47)/b6-4-,14-8+/t29-,33-/m0/s1. The van der Waals surface area contributed by atoms with Crippen molar-refractivity contribution in [1.82, 2.24) is 0 Å². The number of rotatable bonds is 15. The van der Waals surface area contributed by atoms with E-state index in [1.807, 2.05) is 6.92 Å². The predicted octanol–water partition coefficient (Wildman–Crippen LogP) is 7.09. The van der Waals surface area contributed by atoms with Gasteiger partial charge in [0.25, 0.3) is 0 Å². The highest BCUT2D eigenvalue weighted by Crippen LogP contribution is 2.38. The Hall–Kier alpha value is -5.01. The van der Waals surface area contributed by atoms with E-state index in [2.05, 4.69) is 0 Å². The molecule has 3 aromatic rings. The summed E-state index contributed by atoms with van der Waals surface area (Å²) in [4.78, 5) is 37.6. The van der Waals surface area contributed by atoms with Gasteiger partial charge in [-0.2, -0.15) is 13.2 Å². The molecule has 0 saturated carbocycles. The molecule has 0 radical (unpaired) electrons. The van der Waals surface area contributed by atoms with Crippen LogP contribution in [-0.2, 0) is 12.6 Å². The third-order valence-electron chi connectivity index (χ3n) is 8.09. The first-order valence-corrected chi connectivity index (χ1v) is 16.6. The number of aliphatic hydroxyl groups excluding tert-OH is 1. The molecule has 270 valence electrons. The van der Waals surface area contributed by atoms with Crippen molar-refractivity contribution >= 4 is 41.2 Å². The van der Waals surface area contributed by atoms with Gasteiger partial charge >= 0.3 is 18.3 Å². The second kappa shape index (κ2) is 17.3. The van der Waals surface area contributed by atoms with Crippen molar-refractivity contribution in [1.29, 1.82) is 0 Å². The number of thiocarbonyl (C=S) groups is 1. The highest BCUT2D eigenvalue weighted by molar-refractivity contribution is 7.81. The monoisotopic (exact) mass is 726 g/mol. The van der Waals surface area contributed by atoms with Gasteiger partial charge in [0, 0.05) is 22.8 Å². The van der Waals surface area contributed by atoms with E-state index in [-0.39, 0.29) is 39.7 Å². The topological polar surface area (TPSA) is 144 Å². The normalized spacial score (nSPS) is 14.1. The molecule has 0 spiro atoms. The summed E-state index contributed by atoms with van der Waals surface area (Å²) in [6.07, 6.45) is 4.33. The third-order valence-corrected chi connectivity index (χ3v) is 8.38.